The Morgan fingerprint density at radius 1 is 0.714 bits per heavy atom. The molecule has 0 atom stereocenters. The van der Waals surface area contributed by atoms with E-state index in [1.807, 2.05) is 28.9 Å². The van der Waals surface area contributed by atoms with Crippen molar-refractivity contribution in [3.05, 3.63) is 109 Å². The molecule has 0 amide bonds. The molecular weight excluding hydrogens is 342 g/mol. The van der Waals surface area contributed by atoms with Crippen LogP contribution in [0.25, 0.3) is 33.8 Å². The molecule has 0 bridgehead atoms. The summed E-state index contributed by atoms with van der Waals surface area (Å²) in [5.74, 6) is 1.61. The van der Waals surface area contributed by atoms with Gasteiger partial charge in [-0.2, -0.15) is 0 Å². The second-order valence-corrected chi connectivity index (χ2v) is 6.75. The Kier molecular flexibility index (Phi) is 4.19. The minimum absolute atomic E-state index is 0.734. The molecule has 5 rings (SSSR count). The number of benzene rings is 3. The second-order valence-electron chi connectivity index (χ2n) is 6.75. The van der Waals surface area contributed by atoms with Crippen LogP contribution in [0.15, 0.2) is 103 Å². The van der Waals surface area contributed by atoms with Gasteiger partial charge in [0.05, 0.1) is 5.69 Å². The lowest BCUT2D eigenvalue weighted by atomic mass is 10.0. The van der Waals surface area contributed by atoms with Crippen molar-refractivity contribution < 1.29 is 0 Å². The lowest BCUT2D eigenvalue weighted by molar-refractivity contribution is 0.867. The van der Waals surface area contributed by atoms with Crippen molar-refractivity contribution in [2.75, 3.05) is 0 Å². The highest BCUT2D eigenvalue weighted by Crippen LogP contribution is 2.28. The molecule has 3 heteroatoms. The van der Waals surface area contributed by atoms with E-state index in [9.17, 15) is 0 Å². The summed E-state index contributed by atoms with van der Waals surface area (Å²) in [6, 6.07) is 29.0. The van der Waals surface area contributed by atoms with Crippen molar-refractivity contribution in [1.82, 2.24) is 14.8 Å². The Bertz CT molecular complexity index is 1170. The Hall–Kier alpha value is -3.72. The van der Waals surface area contributed by atoms with E-state index < -0.39 is 0 Å². The molecule has 134 valence electrons. The maximum atomic E-state index is 4.91. The molecule has 3 aromatic carbocycles. The van der Waals surface area contributed by atoms with Crippen molar-refractivity contribution in [3.63, 3.8) is 0 Å². The number of para-hydroxylation sites is 1. The van der Waals surface area contributed by atoms with E-state index in [4.69, 9.17) is 10.1 Å². The van der Waals surface area contributed by atoms with Crippen LogP contribution in [-0.4, -0.2) is 14.8 Å². The average molecular weight is 361 g/mol. The van der Waals surface area contributed by atoms with Crippen molar-refractivity contribution in [2.45, 2.75) is 6.42 Å². The Morgan fingerprint density at radius 3 is 2.18 bits per heavy atom. The molecule has 0 unspecified atom stereocenters. The van der Waals surface area contributed by atoms with E-state index in [-0.39, 0.29) is 0 Å². The number of rotatable bonds is 4. The van der Waals surface area contributed by atoms with Crippen LogP contribution in [0.5, 0.6) is 0 Å². The molecule has 0 saturated carbocycles. The smallest absolute Gasteiger partial charge is 0.182 e. The molecule has 0 N–H and O–H groups in total. The third-order valence-electron chi connectivity index (χ3n) is 4.87. The summed E-state index contributed by atoms with van der Waals surface area (Å²) in [6.45, 7) is 0. The molecular formula is C25H19N3. The largest absolute Gasteiger partial charge is 0.213 e. The molecule has 4 aromatic rings. The zero-order chi connectivity index (χ0) is 18.8. The van der Waals surface area contributed by atoms with Gasteiger partial charge in [-0.3, -0.25) is 0 Å². The molecule has 0 aliphatic heterocycles. The first kappa shape index (κ1) is 16.5. The van der Waals surface area contributed by atoms with Crippen LogP contribution in [0.1, 0.15) is 12.2 Å². The predicted molar refractivity (Wildman–Crippen MR) is 114 cm³/mol. The van der Waals surface area contributed by atoms with Gasteiger partial charge >= 0.3 is 0 Å². The van der Waals surface area contributed by atoms with Crippen LogP contribution >= 0.6 is 0 Å². The fourth-order valence-corrected chi connectivity index (χ4v) is 3.46. The van der Waals surface area contributed by atoms with E-state index in [1.165, 1.54) is 5.56 Å². The summed E-state index contributed by atoms with van der Waals surface area (Å²) >= 11 is 0. The van der Waals surface area contributed by atoms with Gasteiger partial charge in [-0.1, -0.05) is 85.0 Å². The van der Waals surface area contributed by atoms with E-state index in [1.54, 1.807) is 0 Å². The molecule has 1 heterocycles. The van der Waals surface area contributed by atoms with E-state index >= 15 is 0 Å². The van der Waals surface area contributed by atoms with Gasteiger partial charge in [0.25, 0.3) is 0 Å². The van der Waals surface area contributed by atoms with Crippen LogP contribution in [0.2, 0.25) is 0 Å². The molecule has 1 aliphatic rings. The van der Waals surface area contributed by atoms with Gasteiger partial charge in [0.1, 0.15) is 0 Å². The summed E-state index contributed by atoms with van der Waals surface area (Å²) in [5.41, 5.74) is 5.49. The maximum absolute atomic E-state index is 4.91. The van der Waals surface area contributed by atoms with E-state index in [0.717, 1.165) is 40.5 Å². The van der Waals surface area contributed by atoms with Crippen LogP contribution < -0.4 is 0 Å². The Balaban J connectivity index is 1.63. The van der Waals surface area contributed by atoms with Crippen molar-refractivity contribution >= 4 is 5.57 Å². The Morgan fingerprint density at radius 2 is 1.43 bits per heavy atom. The zero-order valence-corrected chi connectivity index (χ0v) is 15.4. The van der Waals surface area contributed by atoms with E-state index in [0.29, 0.717) is 0 Å². The van der Waals surface area contributed by atoms with Crippen LogP contribution in [0.3, 0.4) is 0 Å². The van der Waals surface area contributed by atoms with Crippen LogP contribution in [0, 0.1) is 0 Å². The highest BCUT2D eigenvalue weighted by atomic mass is 15.4. The van der Waals surface area contributed by atoms with Crippen molar-refractivity contribution in [2.24, 2.45) is 0 Å². The number of hydrogen-bond acceptors (Lipinski definition) is 2. The van der Waals surface area contributed by atoms with Crippen LogP contribution in [0.4, 0.5) is 0 Å². The molecule has 1 aromatic heterocycles. The standard InChI is InChI=1S/C25H19N3/c1-3-10-19(11-4-1)21-14-9-15-22(18-21)24-26-25(20-12-7-8-13-20)28(27-24)23-16-5-2-6-17-23/h1-7,9-18H,8H2. The molecule has 0 spiro atoms. The molecule has 3 nitrogen and oxygen atoms in total. The molecule has 1 aliphatic carbocycles. The summed E-state index contributed by atoms with van der Waals surface area (Å²) in [4.78, 5) is 4.91. The predicted octanol–water partition coefficient (Wildman–Crippen LogP) is 5.94. The van der Waals surface area contributed by atoms with Gasteiger partial charge in [0.2, 0.25) is 0 Å². The third-order valence-corrected chi connectivity index (χ3v) is 4.87. The monoisotopic (exact) mass is 361 g/mol. The average Bonchev–Trinajstić information content (AvgIpc) is 3.45. The highest BCUT2D eigenvalue weighted by Gasteiger charge is 2.17. The molecule has 0 radical (unpaired) electrons. The summed E-state index contributed by atoms with van der Waals surface area (Å²) in [5, 5.41) is 4.86. The van der Waals surface area contributed by atoms with Crippen molar-refractivity contribution in [1.29, 1.82) is 0 Å². The first-order valence-corrected chi connectivity index (χ1v) is 9.44. The lowest BCUT2D eigenvalue weighted by Gasteiger charge is -2.05. The fraction of sp³-hybridized carbons (Fsp3) is 0.0400. The van der Waals surface area contributed by atoms with Gasteiger partial charge in [-0.15, -0.1) is 5.10 Å². The fourth-order valence-electron chi connectivity index (χ4n) is 3.46. The number of aromatic nitrogens is 3. The molecule has 0 fully saturated rings. The SMILES string of the molecule is C1=CC(c2nc(-c3cccc(-c4ccccc4)c3)nn2-c2ccccc2)=CC1. The molecule has 28 heavy (non-hydrogen) atoms. The third kappa shape index (κ3) is 3.08. The van der Waals surface area contributed by atoms with E-state index in [2.05, 4.69) is 78.9 Å². The number of allylic oxidation sites excluding steroid dienone is 4. The Labute approximate surface area is 164 Å². The summed E-state index contributed by atoms with van der Waals surface area (Å²) in [7, 11) is 0. The highest BCUT2D eigenvalue weighted by molar-refractivity contribution is 5.75. The van der Waals surface area contributed by atoms with Gasteiger partial charge in [0.15, 0.2) is 11.6 Å². The summed E-state index contributed by atoms with van der Waals surface area (Å²) in [6.07, 6.45) is 7.39. The zero-order valence-electron chi connectivity index (χ0n) is 15.4. The second kappa shape index (κ2) is 7.12. The maximum Gasteiger partial charge on any atom is 0.182 e. The topological polar surface area (TPSA) is 30.7 Å². The lowest BCUT2D eigenvalue weighted by Crippen LogP contribution is -2.01. The van der Waals surface area contributed by atoms with Crippen LogP contribution in [-0.2, 0) is 0 Å². The number of hydrogen-bond donors (Lipinski definition) is 0. The first-order valence-electron chi connectivity index (χ1n) is 9.44. The quantitative estimate of drug-likeness (QED) is 0.450. The van der Waals surface area contributed by atoms with Gasteiger partial charge < -0.3 is 0 Å². The van der Waals surface area contributed by atoms with Crippen molar-refractivity contribution in [3.8, 4) is 28.2 Å². The normalized spacial score (nSPS) is 12.9. The van der Waals surface area contributed by atoms with Gasteiger partial charge in [-0.25, -0.2) is 9.67 Å². The van der Waals surface area contributed by atoms with Gasteiger partial charge in [0, 0.05) is 11.1 Å². The first-order chi connectivity index (χ1) is 13.9. The van der Waals surface area contributed by atoms with Gasteiger partial charge in [-0.05, 0) is 35.7 Å². The number of nitrogens with zero attached hydrogens (tertiary/aromatic N) is 3. The summed E-state index contributed by atoms with van der Waals surface area (Å²) < 4.78 is 1.94. The minimum atomic E-state index is 0.734. The minimum Gasteiger partial charge on any atom is -0.213 e. The molecule has 0 saturated heterocycles.